The number of amides is 3. The third kappa shape index (κ3) is 14.9. The van der Waals surface area contributed by atoms with Gasteiger partial charge in [0.25, 0.3) is 0 Å². The summed E-state index contributed by atoms with van der Waals surface area (Å²) in [5.41, 5.74) is 5.94. The second kappa shape index (κ2) is 28.1. The Morgan fingerprint density at radius 3 is 1.54 bits per heavy atom. The summed E-state index contributed by atoms with van der Waals surface area (Å²) in [7, 11) is 2.97. The minimum atomic E-state index is -1.03. The fourth-order valence-corrected chi connectivity index (χ4v) is 11.5. The third-order valence-electron chi connectivity index (χ3n) is 15.7. The number of carbonyl (C=O) groups is 6. The molecule has 4 aliphatic rings. The SMILES string of the molecule is COc1ncc(-c2ccc3c(c2)c(C(C)=O)nn3CC(=O)N2[C@H](C(=O)Nc3nc(Br)c(F)cc3C)C[C@@]3(C)C[C@@H]23)cn1.COc1ncc(-c2ccc3c(c2)c(C(C)=O)nn3CC(=O)O)cn1.Cc1cc(F)c(Br)nc1NC(=O)[C@@H]1C[C@@]2(C)C[C@H]2N1.Cl.S.S=S. The van der Waals surface area contributed by atoms with Gasteiger partial charge in [-0.1, -0.05) is 26.0 Å². The maximum atomic E-state index is 13.9. The molecular weight excluding hydrogens is 1370 g/mol. The van der Waals surface area contributed by atoms with Gasteiger partial charge < -0.3 is 35.4 Å². The van der Waals surface area contributed by atoms with Crippen LogP contribution in [-0.2, 0) is 54.6 Å². The molecule has 6 aromatic heterocycles. The van der Waals surface area contributed by atoms with Crippen LogP contribution in [0, 0.1) is 36.3 Å². The topological polar surface area (TPSA) is 293 Å². The number of pyridine rings is 2. The van der Waals surface area contributed by atoms with E-state index in [-0.39, 0.29) is 130 Å². The van der Waals surface area contributed by atoms with Gasteiger partial charge in [0, 0.05) is 95.0 Å². The highest BCUT2D eigenvalue weighted by atomic mass is 79.9. The lowest BCUT2D eigenvalue weighted by Gasteiger charge is -2.27. The summed E-state index contributed by atoms with van der Waals surface area (Å²) >= 11 is 13.4. The number of anilines is 2. The van der Waals surface area contributed by atoms with Crippen LogP contribution in [-0.4, -0.2) is 133 Å². The fraction of sp³-hybridized carbons (Fsp3) is 0.345. The number of aromatic nitrogens is 10. The van der Waals surface area contributed by atoms with E-state index in [1.807, 2.05) is 12.1 Å². The zero-order valence-electron chi connectivity index (χ0n) is 48.8. The molecule has 0 spiro atoms. The van der Waals surface area contributed by atoms with Crippen LogP contribution in [0.3, 0.4) is 0 Å². The number of aryl methyl sites for hydroxylation is 2. The summed E-state index contributed by atoms with van der Waals surface area (Å²) in [5, 5.41) is 27.7. The summed E-state index contributed by atoms with van der Waals surface area (Å²) in [6.07, 6.45) is 9.78. The van der Waals surface area contributed by atoms with Crippen LogP contribution in [0.5, 0.6) is 12.0 Å². The molecule has 12 rings (SSSR count). The van der Waals surface area contributed by atoms with Gasteiger partial charge >= 0.3 is 18.0 Å². The molecule has 8 aromatic rings. The molecule has 23 nitrogen and oxygen atoms in total. The highest BCUT2D eigenvalue weighted by Crippen LogP contribution is 2.59. The van der Waals surface area contributed by atoms with Crippen molar-refractivity contribution in [2.24, 2.45) is 10.8 Å². The smallest absolute Gasteiger partial charge is 0.325 e. The van der Waals surface area contributed by atoms with Crippen molar-refractivity contribution >= 4 is 149 Å². The number of nitrogens with zero attached hydrogens (tertiary/aromatic N) is 11. The lowest BCUT2D eigenvalue weighted by Crippen LogP contribution is -2.47. The average molecular weight is 1430 g/mol. The minimum Gasteiger partial charge on any atom is -0.480 e. The molecule has 31 heteroatoms. The number of halogens is 5. The Morgan fingerprint density at radius 2 is 1.12 bits per heavy atom. The Balaban J connectivity index is 0.000000203. The van der Waals surface area contributed by atoms with E-state index >= 15 is 0 Å². The first-order valence-corrected chi connectivity index (χ1v) is 29.8. The Hall–Kier alpha value is -7.48. The first kappa shape index (κ1) is 69.0. The largest absolute Gasteiger partial charge is 0.480 e. The van der Waals surface area contributed by atoms with Crippen LogP contribution in [0.25, 0.3) is 44.1 Å². The van der Waals surface area contributed by atoms with Crippen LogP contribution < -0.4 is 25.4 Å². The van der Waals surface area contributed by atoms with Crippen molar-refractivity contribution in [3.63, 3.8) is 0 Å². The summed E-state index contributed by atoms with van der Waals surface area (Å²) in [6, 6.07) is 13.4. The summed E-state index contributed by atoms with van der Waals surface area (Å²) in [6.45, 7) is 9.99. The van der Waals surface area contributed by atoms with Gasteiger partial charge in [-0.25, -0.2) is 38.7 Å². The number of aliphatic carboxylic acids is 1. The van der Waals surface area contributed by atoms with Crippen molar-refractivity contribution in [3.05, 3.63) is 117 Å². The molecule has 8 heterocycles. The molecule has 4 fully saturated rings. The number of rotatable bonds is 14. The van der Waals surface area contributed by atoms with E-state index in [1.54, 1.807) is 67.8 Å². The van der Waals surface area contributed by atoms with Gasteiger partial charge in [-0.3, -0.25) is 38.1 Å². The van der Waals surface area contributed by atoms with E-state index in [0.29, 0.717) is 51.2 Å². The number of nitrogens with one attached hydrogen (secondary N) is 3. The van der Waals surface area contributed by atoms with Crippen molar-refractivity contribution in [2.45, 2.75) is 104 Å². The van der Waals surface area contributed by atoms with Crippen LogP contribution in [0.4, 0.5) is 20.4 Å². The molecule has 89 heavy (non-hydrogen) atoms. The average Bonchev–Trinajstić information content (AvgIpc) is 1.56. The van der Waals surface area contributed by atoms with E-state index in [9.17, 15) is 37.5 Å². The number of ether oxygens (including phenoxy) is 2. The predicted octanol–water partition coefficient (Wildman–Crippen LogP) is 9.02. The number of methoxy groups -OCH3 is 2. The Bertz CT molecular complexity index is 4080. The number of piperidine rings is 2. The highest BCUT2D eigenvalue weighted by Gasteiger charge is 2.64. The lowest BCUT2D eigenvalue weighted by molar-refractivity contribution is -0.138. The van der Waals surface area contributed by atoms with Crippen molar-refractivity contribution in [1.82, 2.24) is 59.7 Å². The molecule has 0 radical (unpaired) electrons. The van der Waals surface area contributed by atoms with Crippen LogP contribution >= 0.6 is 57.8 Å². The molecule has 2 saturated carbocycles. The van der Waals surface area contributed by atoms with Gasteiger partial charge in [0.1, 0.15) is 51.4 Å². The first-order valence-electron chi connectivity index (χ1n) is 26.9. The zero-order chi connectivity index (χ0) is 63.0. The van der Waals surface area contributed by atoms with Gasteiger partial charge in [0.2, 0.25) is 17.7 Å². The zero-order valence-corrected chi connectivity index (χ0v) is 55.5. The Morgan fingerprint density at radius 1 is 0.674 bits per heavy atom. The molecule has 6 atom stereocenters. The number of hydrogen-bond acceptors (Lipinski definition) is 19. The quantitative estimate of drug-likeness (QED) is 0.0583. The molecule has 2 aromatic carbocycles. The van der Waals surface area contributed by atoms with E-state index in [2.05, 4.69) is 124 Å². The van der Waals surface area contributed by atoms with Crippen molar-refractivity contribution in [2.75, 3.05) is 24.9 Å². The number of likely N-dealkylation sites (tertiary alicyclic amines) is 1. The van der Waals surface area contributed by atoms with Crippen LogP contribution in [0.15, 0.2) is 82.5 Å². The number of hydrogen-bond donors (Lipinski definition) is 4. The number of carbonyl (C=O) groups excluding carboxylic acids is 5. The monoisotopic (exact) mass is 1420 g/mol. The second-order valence-corrected chi connectivity index (χ2v) is 23.5. The summed E-state index contributed by atoms with van der Waals surface area (Å²) in [4.78, 5) is 101. The number of carboxylic acids is 1. The van der Waals surface area contributed by atoms with Crippen molar-refractivity contribution in [3.8, 4) is 34.3 Å². The van der Waals surface area contributed by atoms with Crippen molar-refractivity contribution < 1.29 is 52.1 Å². The summed E-state index contributed by atoms with van der Waals surface area (Å²) < 4.78 is 40.0. The van der Waals surface area contributed by atoms with E-state index in [0.717, 1.165) is 41.5 Å². The molecular formula is C58H59Br2ClF2N14O9S3. The summed E-state index contributed by atoms with van der Waals surface area (Å²) in [5.74, 6) is -2.57. The van der Waals surface area contributed by atoms with Gasteiger partial charge in [-0.2, -0.15) is 23.7 Å². The normalized spacial score (nSPS) is 19.6. The molecule has 2 aliphatic heterocycles. The highest BCUT2D eigenvalue weighted by molar-refractivity contribution is 9.10. The predicted molar refractivity (Wildman–Crippen MR) is 345 cm³/mol. The first-order chi connectivity index (χ1) is 41.4. The molecule has 4 N–H and O–H groups in total. The fourth-order valence-electron chi connectivity index (χ4n) is 10.9. The number of ketones is 2. The molecule has 3 amide bonds. The van der Waals surface area contributed by atoms with Crippen molar-refractivity contribution in [1.29, 1.82) is 0 Å². The molecule has 0 unspecified atom stereocenters. The molecule has 0 bridgehead atoms. The minimum absolute atomic E-state index is 0. The van der Waals surface area contributed by atoms with E-state index < -0.39 is 23.6 Å². The second-order valence-electron chi connectivity index (χ2n) is 22.0. The molecule has 2 aliphatic carbocycles. The third-order valence-corrected chi connectivity index (χ3v) is 16.8. The van der Waals surface area contributed by atoms with Gasteiger partial charge in [0.05, 0.1) is 31.3 Å². The Labute approximate surface area is 548 Å². The maximum Gasteiger partial charge on any atom is 0.325 e. The molecule has 2 saturated heterocycles. The Kier molecular flexibility index (Phi) is 21.8. The number of benzene rings is 2. The number of carboxylic acid groups (broad SMARTS) is 1. The number of Topliss-reactive ketones (excluding diaryl/α,β-unsaturated/α-hetero) is 2. The van der Waals surface area contributed by atoms with E-state index in [4.69, 9.17) is 14.6 Å². The molecule has 468 valence electrons. The van der Waals surface area contributed by atoms with Gasteiger partial charge in [-0.05, 0) is 141 Å². The van der Waals surface area contributed by atoms with E-state index in [1.165, 1.54) is 49.6 Å². The van der Waals surface area contributed by atoms with Crippen LogP contribution in [0.2, 0.25) is 0 Å². The van der Waals surface area contributed by atoms with Gasteiger partial charge in [-0.15, -0.1) is 12.4 Å². The lowest BCUT2D eigenvalue weighted by atomic mass is 10.0. The van der Waals surface area contributed by atoms with Gasteiger partial charge in [0.15, 0.2) is 23.2 Å². The van der Waals surface area contributed by atoms with Crippen LogP contribution in [0.1, 0.15) is 85.5 Å². The number of fused-ring (bicyclic) bond motifs is 4. The standard InChI is InChI=1S/C29H27BrFN7O4.C16H14N4O4.C13H15BrFN3O.ClH.S2.H2S/c1-14-7-19(31)25(30)34-26(14)35-27(41)21-9-29(3)10-22(29)38(21)23(40)13-37-20-6-5-16(8-18(20)24(36-37)15(2)39)17-11-32-28(42-4)33-12-17;1-9(21)15-12-5-10(11-6-17-16(24-2)18-7-11)3-4-13(12)20(19-15)8-14(22)23;1-6-3-7(15)10(14)17-11(6)18-12(19)8-4-13(2)5-9(13)16-8;;1-2;/h5-8,11-12,21-22H,9-10,13H2,1-4H3,(H,34,35,41);3-7H,8H2,1-2H3,(H,22,23);3,8-9,16H,4-5H2,1-2H3,(H,17,18,19);1H;;1H2/t21-,22+,29-;;8-,9+,13-;;;/m0.0.../s1. The maximum absolute atomic E-state index is 13.9.